The zero-order valence-electron chi connectivity index (χ0n) is 24.1. The van der Waals surface area contributed by atoms with Gasteiger partial charge in [0.25, 0.3) is 5.91 Å². The summed E-state index contributed by atoms with van der Waals surface area (Å²) in [5.74, 6) is 2.32. The van der Waals surface area contributed by atoms with Crippen LogP contribution in [-0.2, 0) is 9.53 Å². The lowest BCUT2D eigenvalue weighted by Gasteiger charge is -2.28. The van der Waals surface area contributed by atoms with Crippen molar-refractivity contribution in [3.63, 3.8) is 0 Å². The van der Waals surface area contributed by atoms with Gasteiger partial charge in [-0.3, -0.25) is 14.6 Å². The quantitative estimate of drug-likeness (QED) is 0.199. The lowest BCUT2D eigenvalue weighted by molar-refractivity contribution is -0.160. The molecule has 2 aliphatic carbocycles. The van der Waals surface area contributed by atoms with Crippen molar-refractivity contribution >= 4 is 28.5 Å². The molecule has 222 valence electrons. The fraction of sp³-hybridized carbons (Fsp3) is 0.324. The average molecular weight is 582 g/mol. The van der Waals surface area contributed by atoms with Crippen molar-refractivity contribution < 1.29 is 28.5 Å². The number of hydrogen-bond donors (Lipinski definition) is 2. The van der Waals surface area contributed by atoms with Gasteiger partial charge < -0.3 is 30.0 Å². The number of esters is 1. The van der Waals surface area contributed by atoms with Gasteiger partial charge in [-0.2, -0.15) is 0 Å². The molecule has 2 bridgehead atoms. The summed E-state index contributed by atoms with van der Waals surface area (Å²) < 4.78 is 23.6. The van der Waals surface area contributed by atoms with Crippen LogP contribution < -0.4 is 25.3 Å². The van der Waals surface area contributed by atoms with E-state index in [0.717, 1.165) is 37.5 Å². The number of ether oxygens (including phenoxy) is 4. The lowest BCUT2D eigenvalue weighted by atomic mass is 9.97. The van der Waals surface area contributed by atoms with Crippen LogP contribution in [0.4, 0.5) is 5.69 Å². The van der Waals surface area contributed by atoms with E-state index in [-0.39, 0.29) is 24.1 Å². The minimum absolute atomic E-state index is 0.183. The van der Waals surface area contributed by atoms with E-state index in [1.54, 1.807) is 61.8 Å². The molecule has 0 radical (unpaired) electrons. The molecular formula is C34H35N3O6. The fourth-order valence-corrected chi connectivity index (χ4v) is 6.00. The maximum atomic E-state index is 12.7. The van der Waals surface area contributed by atoms with Crippen molar-refractivity contribution in [1.82, 2.24) is 4.98 Å². The summed E-state index contributed by atoms with van der Waals surface area (Å²) in [5.41, 5.74) is 7.76. The van der Waals surface area contributed by atoms with Gasteiger partial charge >= 0.3 is 5.97 Å². The number of rotatable bonds is 11. The van der Waals surface area contributed by atoms with Crippen molar-refractivity contribution in [1.29, 1.82) is 0 Å². The molecular weight excluding hydrogens is 546 g/mol. The van der Waals surface area contributed by atoms with Gasteiger partial charge in [0.05, 0.1) is 19.2 Å². The number of methoxy groups -OCH3 is 1. The van der Waals surface area contributed by atoms with Crippen molar-refractivity contribution in [2.24, 2.45) is 11.7 Å². The van der Waals surface area contributed by atoms with Gasteiger partial charge in [-0.05, 0) is 86.6 Å². The highest BCUT2D eigenvalue weighted by molar-refractivity contribution is 6.04. The molecule has 3 N–H and O–H groups in total. The molecule has 0 spiro atoms. The topological polar surface area (TPSA) is 122 Å². The molecule has 0 saturated heterocycles. The van der Waals surface area contributed by atoms with Gasteiger partial charge in [0.2, 0.25) is 0 Å². The van der Waals surface area contributed by atoms with Gasteiger partial charge in [0.15, 0.2) is 11.5 Å². The average Bonchev–Trinajstić information content (AvgIpc) is 3.63. The first kappa shape index (κ1) is 28.5. The summed E-state index contributed by atoms with van der Waals surface area (Å²) in [4.78, 5) is 29.6. The Morgan fingerprint density at radius 1 is 1.00 bits per heavy atom. The Bertz CT molecular complexity index is 1600. The van der Waals surface area contributed by atoms with Crippen LogP contribution in [0, 0.1) is 5.92 Å². The number of hydrogen-bond acceptors (Lipinski definition) is 8. The van der Waals surface area contributed by atoms with Gasteiger partial charge in [-0.15, -0.1) is 0 Å². The van der Waals surface area contributed by atoms with E-state index in [1.807, 2.05) is 24.3 Å². The standard InChI is InChI=1S/C34H35N3O6/c1-40-30-19-26-28(20-31(30)41-18-14-27(35)33(39)43-34-15-11-22(21-34)12-16-34)36-17-13-29(26)42-25-9-7-24(8-10-25)37-32(38)23-5-3-2-4-6-23/h2-10,13,17,19-20,22,27H,11-12,14-16,18,21,35H2,1H3,(H,37,38)/t22-,27-,34-/m0/s1. The van der Waals surface area contributed by atoms with Gasteiger partial charge in [-0.25, -0.2) is 0 Å². The van der Waals surface area contributed by atoms with E-state index >= 15 is 0 Å². The highest BCUT2D eigenvalue weighted by atomic mass is 16.6. The van der Waals surface area contributed by atoms with Crippen LogP contribution in [0.1, 0.15) is 48.9 Å². The summed E-state index contributed by atoms with van der Waals surface area (Å²) in [5, 5.41) is 3.62. The molecule has 1 atom stereocenters. The molecule has 1 aromatic heterocycles. The first-order chi connectivity index (χ1) is 20.9. The summed E-state index contributed by atoms with van der Waals surface area (Å²) >= 11 is 0. The van der Waals surface area contributed by atoms with Crippen molar-refractivity contribution in [3.8, 4) is 23.0 Å². The molecule has 2 aliphatic rings. The second-order valence-corrected chi connectivity index (χ2v) is 11.3. The van der Waals surface area contributed by atoms with E-state index in [1.165, 1.54) is 0 Å². The maximum absolute atomic E-state index is 12.7. The molecule has 1 heterocycles. The van der Waals surface area contributed by atoms with E-state index < -0.39 is 6.04 Å². The van der Waals surface area contributed by atoms with E-state index in [9.17, 15) is 9.59 Å². The highest BCUT2D eigenvalue weighted by Gasteiger charge is 2.48. The predicted molar refractivity (Wildman–Crippen MR) is 163 cm³/mol. The maximum Gasteiger partial charge on any atom is 0.323 e. The molecule has 3 aromatic carbocycles. The van der Waals surface area contributed by atoms with Crippen LogP contribution >= 0.6 is 0 Å². The van der Waals surface area contributed by atoms with Crippen LogP contribution in [-0.4, -0.2) is 42.2 Å². The summed E-state index contributed by atoms with van der Waals surface area (Å²) in [7, 11) is 1.56. The van der Waals surface area contributed by atoms with E-state index in [4.69, 9.17) is 24.7 Å². The molecule has 4 aromatic rings. The number of amides is 1. The summed E-state index contributed by atoms with van der Waals surface area (Å²) in [6, 6.07) is 20.8. The number of nitrogens with two attached hydrogens (primary N) is 1. The van der Waals surface area contributed by atoms with Crippen LogP contribution in [0.3, 0.4) is 0 Å². The highest BCUT2D eigenvalue weighted by Crippen LogP contribution is 2.50. The third-order valence-corrected chi connectivity index (χ3v) is 8.35. The number of carbonyl (C=O) groups excluding carboxylic acids is 2. The Hall–Kier alpha value is -4.63. The summed E-state index contributed by atoms with van der Waals surface area (Å²) in [6.07, 6.45) is 7.09. The lowest BCUT2D eigenvalue weighted by Crippen LogP contribution is -2.40. The molecule has 43 heavy (non-hydrogen) atoms. The first-order valence-corrected chi connectivity index (χ1v) is 14.6. The Labute approximate surface area is 250 Å². The molecule has 9 heteroatoms. The fourth-order valence-electron chi connectivity index (χ4n) is 6.00. The molecule has 2 saturated carbocycles. The number of anilines is 1. The number of aromatic nitrogens is 1. The zero-order chi connectivity index (χ0) is 29.8. The molecule has 9 nitrogen and oxygen atoms in total. The molecule has 1 amide bonds. The molecule has 2 fully saturated rings. The van der Waals surface area contributed by atoms with E-state index in [2.05, 4.69) is 10.3 Å². The summed E-state index contributed by atoms with van der Waals surface area (Å²) in [6.45, 7) is 0.219. The van der Waals surface area contributed by atoms with Crippen LogP contribution in [0.15, 0.2) is 79.0 Å². The van der Waals surface area contributed by atoms with E-state index in [0.29, 0.717) is 52.1 Å². The minimum atomic E-state index is -0.753. The Kier molecular flexibility index (Phi) is 8.16. The monoisotopic (exact) mass is 581 g/mol. The largest absolute Gasteiger partial charge is 0.493 e. The number of benzene rings is 3. The molecule has 6 rings (SSSR count). The van der Waals surface area contributed by atoms with Crippen LogP contribution in [0.25, 0.3) is 10.9 Å². The number of nitrogens with zero attached hydrogens (tertiary/aromatic N) is 1. The normalized spacial score (nSPS) is 19.5. The van der Waals surface area contributed by atoms with Crippen molar-refractivity contribution in [3.05, 3.63) is 84.6 Å². The Morgan fingerprint density at radius 3 is 2.47 bits per heavy atom. The number of fused-ring (bicyclic) bond motifs is 3. The number of pyridine rings is 1. The number of carbonyl (C=O) groups is 2. The second kappa shape index (κ2) is 12.3. The third kappa shape index (κ3) is 6.41. The Balaban J connectivity index is 1.08. The van der Waals surface area contributed by atoms with Gasteiger partial charge in [0, 0.05) is 35.3 Å². The van der Waals surface area contributed by atoms with Gasteiger partial charge in [-0.1, -0.05) is 18.2 Å². The smallest absolute Gasteiger partial charge is 0.323 e. The van der Waals surface area contributed by atoms with Crippen LogP contribution in [0.5, 0.6) is 23.0 Å². The molecule has 0 unspecified atom stereocenters. The second-order valence-electron chi connectivity index (χ2n) is 11.3. The number of nitrogens with one attached hydrogen (secondary N) is 1. The first-order valence-electron chi connectivity index (χ1n) is 14.6. The third-order valence-electron chi connectivity index (χ3n) is 8.35. The predicted octanol–water partition coefficient (Wildman–Crippen LogP) is 6.26. The van der Waals surface area contributed by atoms with Gasteiger partial charge in [0.1, 0.15) is 23.1 Å². The van der Waals surface area contributed by atoms with Crippen molar-refractivity contribution in [2.45, 2.75) is 50.2 Å². The SMILES string of the molecule is COc1cc2c(Oc3ccc(NC(=O)c4ccccc4)cc3)ccnc2cc1OCC[C@H](N)C(=O)O[C@]12CC[C@H](CC1)C2. The van der Waals surface area contributed by atoms with Crippen molar-refractivity contribution in [2.75, 3.05) is 19.0 Å². The Morgan fingerprint density at radius 2 is 1.77 bits per heavy atom. The molecule has 0 aliphatic heterocycles. The minimum Gasteiger partial charge on any atom is -0.493 e. The van der Waals surface area contributed by atoms with Crippen LogP contribution in [0.2, 0.25) is 0 Å². The zero-order valence-corrected chi connectivity index (χ0v) is 24.1.